The first-order valence-electron chi connectivity index (χ1n) is 9.60. The van der Waals surface area contributed by atoms with Crippen LogP contribution in [0.1, 0.15) is 16.8 Å². The Morgan fingerprint density at radius 2 is 1.83 bits per heavy atom. The molecule has 0 spiro atoms. The standard InChI is InChI=1S/C22H20Cl3N3O/c1-27-9-4-10-28(12-11-27)22(29)16-13-19(26-18-6-3-2-5-14(16)18)15-7-8-17(23)21(25)20(15)24/h2-3,5-8,13H,4,9-12H2,1H3/p+1. The topological polar surface area (TPSA) is 37.6 Å². The zero-order valence-corrected chi connectivity index (χ0v) is 18.3. The Hall–Kier alpha value is -1.85. The van der Waals surface area contributed by atoms with Crippen molar-refractivity contribution in [2.75, 3.05) is 33.2 Å². The highest BCUT2D eigenvalue weighted by molar-refractivity contribution is 6.49. The molecule has 29 heavy (non-hydrogen) atoms. The minimum Gasteiger partial charge on any atom is -0.336 e. The normalized spacial score (nSPS) is 17.4. The third-order valence-corrected chi connectivity index (χ3v) is 6.68. The summed E-state index contributed by atoms with van der Waals surface area (Å²) in [5.74, 6) is 0.0238. The second-order valence-electron chi connectivity index (χ2n) is 7.40. The molecule has 1 fully saturated rings. The Labute approximate surface area is 185 Å². The number of carbonyl (C=O) groups is 1. The van der Waals surface area contributed by atoms with E-state index in [1.165, 1.54) is 4.90 Å². The number of hydrogen-bond donors (Lipinski definition) is 1. The van der Waals surface area contributed by atoms with E-state index in [0.29, 0.717) is 26.9 Å². The number of carbonyl (C=O) groups excluding carboxylic acids is 1. The van der Waals surface area contributed by atoms with E-state index in [1.807, 2.05) is 35.2 Å². The van der Waals surface area contributed by atoms with Crippen LogP contribution in [0.25, 0.3) is 22.2 Å². The number of quaternary nitrogens is 1. The van der Waals surface area contributed by atoms with Crippen LogP contribution in [0.3, 0.4) is 0 Å². The number of hydrogen-bond acceptors (Lipinski definition) is 2. The molecule has 1 unspecified atom stereocenters. The van der Waals surface area contributed by atoms with E-state index >= 15 is 0 Å². The van der Waals surface area contributed by atoms with E-state index in [0.717, 1.165) is 43.5 Å². The van der Waals surface area contributed by atoms with Gasteiger partial charge in [-0.2, -0.15) is 0 Å². The van der Waals surface area contributed by atoms with Gasteiger partial charge in [0.2, 0.25) is 0 Å². The Bertz CT molecular complexity index is 1090. The lowest BCUT2D eigenvalue weighted by atomic mass is 10.0. The zero-order chi connectivity index (χ0) is 20.5. The summed E-state index contributed by atoms with van der Waals surface area (Å²) in [5, 5.41) is 1.84. The number of benzene rings is 2. The lowest BCUT2D eigenvalue weighted by molar-refractivity contribution is -0.877. The zero-order valence-electron chi connectivity index (χ0n) is 16.0. The highest BCUT2D eigenvalue weighted by Gasteiger charge is 2.24. The SMILES string of the molecule is C[NH+]1CCCN(C(=O)c2cc(-c3ccc(Cl)c(Cl)c3Cl)nc3ccccc23)CC1. The molecule has 1 aromatic heterocycles. The summed E-state index contributed by atoms with van der Waals surface area (Å²) < 4.78 is 0. The van der Waals surface area contributed by atoms with Crippen molar-refractivity contribution < 1.29 is 9.69 Å². The van der Waals surface area contributed by atoms with Gasteiger partial charge in [-0.05, 0) is 24.3 Å². The van der Waals surface area contributed by atoms with E-state index in [2.05, 4.69) is 7.05 Å². The van der Waals surface area contributed by atoms with Crippen LogP contribution in [0.4, 0.5) is 0 Å². The van der Waals surface area contributed by atoms with Gasteiger partial charge >= 0.3 is 0 Å². The van der Waals surface area contributed by atoms with Crippen molar-refractivity contribution >= 4 is 51.6 Å². The molecule has 4 rings (SSSR count). The number of likely N-dealkylation sites (N-methyl/N-ethyl adjacent to an activating group) is 1. The van der Waals surface area contributed by atoms with Crippen LogP contribution in [0, 0.1) is 0 Å². The van der Waals surface area contributed by atoms with Crippen LogP contribution in [0.15, 0.2) is 42.5 Å². The molecule has 1 aliphatic rings. The maximum Gasteiger partial charge on any atom is 0.254 e. The molecular weight excluding hydrogens is 429 g/mol. The lowest BCUT2D eigenvalue weighted by Crippen LogP contribution is -3.09. The minimum absolute atomic E-state index is 0.0238. The number of rotatable bonds is 2. The largest absolute Gasteiger partial charge is 0.336 e. The molecule has 1 amide bonds. The van der Waals surface area contributed by atoms with E-state index in [4.69, 9.17) is 39.8 Å². The van der Waals surface area contributed by atoms with Gasteiger partial charge in [0.1, 0.15) is 0 Å². The second-order valence-corrected chi connectivity index (χ2v) is 8.56. The lowest BCUT2D eigenvalue weighted by Gasteiger charge is -2.21. The van der Waals surface area contributed by atoms with Gasteiger partial charge in [-0.25, -0.2) is 4.98 Å². The average Bonchev–Trinajstić information content (AvgIpc) is 2.95. The molecule has 2 aromatic carbocycles. The summed E-state index contributed by atoms with van der Waals surface area (Å²) >= 11 is 18.8. The van der Waals surface area contributed by atoms with Gasteiger partial charge in [-0.15, -0.1) is 0 Å². The van der Waals surface area contributed by atoms with Gasteiger partial charge in [-0.3, -0.25) is 4.79 Å². The average molecular weight is 450 g/mol. The Kier molecular flexibility index (Phi) is 5.98. The molecule has 0 radical (unpaired) electrons. The van der Waals surface area contributed by atoms with Crippen LogP contribution in [-0.4, -0.2) is 49.0 Å². The molecule has 4 nitrogen and oxygen atoms in total. The van der Waals surface area contributed by atoms with Gasteiger partial charge in [0.05, 0.1) is 58.5 Å². The van der Waals surface area contributed by atoms with Crippen LogP contribution >= 0.6 is 34.8 Å². The molecule has 3 aromatic rings. The van der Waals surface area contributed by atoms with Crippen molar-refractivity contribution in [3.05, 3.63) is 63.1 Å². The van der Waals surface area contributed by atoms with E-state index < -0.39 is 0 Å². The maximum absolute atomic E-state index is 13.5. The van der Waals surface area contributed by atoms with Gasteiger partial charge < -0.3 is 9.80 Å². The number of halogens is 3. The van der Waals surface area contributed by atoms with Crippen molar-refractivity contribution in [1.82, 2.24) is 9.88 Å². The summed E-state index contributed by atoms with van der Waals surface area (Å²) in [6.45, 7) is 3.52. The number of amides is 1. The van der Waals surface area contributed by atoms with Crippen molar-refractivity contribution in [1.29, 1.82) is 0 Å². The molecule has 1 N–H and O–H groups in total. The van der Waals surface area contributed by atoms with Crippen molar-refractivity contribution in [3.8, 4) is 11.3 Å². The Morgan fingerprint density at radius 3 is 2.66 bits per heavy atom. The molecule has 1 saturated heterocycles. The third kappa shape index (κ3) is 4.08. The maximum atomic E-state index is 13.5. The Morgan fingerprint density at radius 1 is 1.03 bits per heavy atom. The monoisotopic (exact) mass is 448 g/mol. The van der Waals surface area contributed by atoms with Gasteiger partial charge in [0.15, 0.2) is 0 Å². The summed E-state index contributed by atoms with van der Waals surface area (Å²) in [6, 6.07) is 13.0. The predicted molar refractivity (Wildman–Crippen MR) is 119 cm³/mol. The fraction of sp³-hybridized carbons (Fsp3) is 0.273. The number of aromatic nitrogens is 1. The summed E-state index contributed by atoms with van der Waals surface area (Å²) in [6.07, 6.45) is 0.992. The fourth-order valence-corrected chi connectivity index (χ4v) is 4.35. The van der Waals surface area contributed by atoms with Crippen LogP contribution in [0.5, 0.6) is 0 Å². The first kappa shape index (κ1) is 20.4. The molecular formula is C22H21Cl3N3O+. The number of para-hydroxylation sites is 1. The minimum atomic E-state index is 0.0238. The number of nitrogens with one attached hydrogen (secondary N) is 1. The summed E-state index contributed by atoms with van der Waals surface area (Å²) in [7, 11) is 2.17. The van der Waals surface area contributed by atoms with Gasteiger partial charge in [0, 0.05) is 23.9 Å². The van der Waals surface area contributed by atoms with Crippen molar-refractivity contribution in [3.63, 3.8) is 0 Å². The molecule has 1 atom stereocenters. The predicted octanol–water partition coefficient (Wildman–Crippen LogP) is 4.22. The first-order chi connectivity index (χ1) is 14.0. The molecule has 0 saturated carbocycles. The fourth-order valence-electron chi connectivity index (χ4n) is 3.72. The van der Waals surface area contributed by atoms with Crippen molar-refractivity contribution in [2.24, 2.45) is 0 Å². The van der Waals surface area contributed by atoms with E-state index in [1.54, 1.807) is 12.1 Å². The summed E-state index contributed by atoms with van der Waals surface area (Å²) in [5.41, 5.74) is 2.63. The molecule has 1 aliphatic heterocycles. The molecule has 0 bridgehead atoms. The van der Waals surface area contributed by atoms with Crippen LogP contribution in [-0.2, 0) is 0 Å². The smallest absolute Gasteiger partial charge is 0.254 e. The van der Waals surface area contributed by atoms with Crippen molar-refractivity contribution in [2.45, 2.75) is 6.42 Å². The summed E-state index contributed by atoms with van der Waals surface area (Å²) in [4.78, 5) is 21.6. The first-order valence-corrected chi connectivity index (χ1v) is 10.7. The van der Waals surface area contributed by atoms with Crippen LogP contribution in [0.2, 0.25) is 15.1 Å². The number of pyridine rings is 1. The third-order valence-electron chi connectivity index (χ3n) is 5.39. The molecule has 150 valence electrons. The number of fused-ring (bicyclic) bond motifs is 1. The quantitative estimate of drug-likeness (QED) is 0.595. The molecule has 0 aliphatic carbocycles. The highest BCUT2D eigenvalue weighted by atomic mass is 35.5. The van der Waals surface area contributed by atoms with Gasteiger partial charge in [0.25, 0.3) is 5.91 Å². The molecule has 2 heterocycles. The van der Waals surface area contributed by atoms with E-state index in [-0.39, 0.29) is 10.9 Å². The number of nitrogens with zero attached hydrogens (tertiary/aromatic N) is 2. The van der Waals surface area contributed by atoms with Gasteiger partial charge in [-0.1, -0.05) is 53.0 Å². The highest BCUT2D eigenvalue weighted by Crippen LogP contribution is 2.38. The second kappa shape index (κ2) is 8.49. The van der Waals surface area contributed by atoms with E-state index in [9.17, 15) is 4.79 Å². The Balaban J connectivity index is 1.84. The molecule has 7 heteroatoms. The van der Waals surface area contributed by atoms with Crippen LogP contribution < -0.4 is 4.90 Å².